The lowest BCUT2D eigenvalue weighted by Crippen LogP contribution is -2.41. The van der Waals surface area contributed by atoms with Gasteiger partial charge < -0.3 is 5.32 Å². The largest absolute Gasteiger partial charge is 0.311 e. The summed E-state index contributed by atoms with van der Waals surface area (Å²) in [5.74, 6) is 0. The number of nitrogens with one attached hydrogen (secondary N) is 1. The van der Waals surface area contributed by atoms with Crippen molar-refractivity contribution in [3.05, 3.63) is 66.6 Å². The van der Waals surface area contributed by atoms with Gasteiger partial charge in [0.05, 0.1) is 11.4 Å². The number of pyridine rings is 1. The van der Waals surface area contributed by atoms with Crippen molar-refractivity contribution in [3.63, 3.8) is 0 Å². The standard InChI is InChI=1S/C23H29N5/c1-19-8-5-6-14-27(19)15-13-25-17-21-18-28(22-10-3-2-4-11-22)26-23(21)20-9-7-12-24-16-20/h2-4,7,9-12,16,18-19,25H,5-6,8,13-15,17H2,1H3. The van der Waals surface area contributed by atoms with E-state index in [1.54, 1.807) is 6.20 Å². The van der Waals surface area contributed by atoms with E-state index in [1.807, 2.05) is 35.1 Å². The molecule has 1 aliphatic rings. The first-order chi connectivity index (χ1) is 13.8. The second-order valence-corrected chi connectivity index (χ2v) is 7.58. The van der Waals surface area contributed by atoms with Crippen LogP contribution in [0.3, 0.4) is 0 Å². The van der Waals surface area contributed by atoms with E-state index in [9.17, 15) is 0 Å². The molecule has 0 aliphatic carbocycles. The van der Waals surface area contributed by atoms with Crippen molar-refractivity contribution >= 4 is 0 Å². The summed E-state index contributed by atoms with van der Waals surface area (Å²) in [4.78, 5) is 6.88. The predicted octanol–water partition coefficient (Wildman–Crippen LogP) is 3.90. The Balaban J connectivity index is 1.46. The van der Waals surface area contributed by atoms with Crippen molar-refractivity contribution < 1.29 is 0 Å². The van der Waals surface area contributed by atoms with E-state index in [0.29, 0.717) is 6.04 Å². The van der Waals surface area contributed by atoms with E-state index in [0.717, 1.165) is 36.6 Å². The van der Waals surface area contributed by atoms with Crippen LogP contribution in [-0.2, 0) is 6.54 Å². The van der Waals surface area contributed by atoms with E-state index in [4.69, 9.17) is 5.10 Å². The highest BCUT2D eigenvalue weighted by atomic mass is 15.3. The Hall–Kier alpha value is -2.50. The third-order valence-electron chi connectivity index (χ3n) is 5.58. The van der Waals surface area contributed by atoms with Crippen LogP contribution in [0, 0.1) is 0 Å². The lowest BCUT2D eigenvalue weighted by molar-refractivity contribution is 0.161. The maximum Gasteiger partial charge on any atom is 0.0988 e. The van der Waals surface area contributed by atoms with Gasteiger partial charge in [-0.05, 0) is 50.6 Å². The Labute approximate surface area is 167 Å². The van der Waals surface area contributed by atoms with Gasteiger partial charge in [-0.3, -0.25) is 9.88 Å². The van der Waals surface area contributed by atoms with Gasteiger partial charge in [-0.2, -0.15) is 5.10 Å². The summed E-state index contributed by atoms with van der Waals surface area (Å²) in [6.45, 7) is 6.49. The Morgan fingerprint density at radius 3 is 2.79 bits per heavy atom. The van der Waals surface area contributed by atoms with E-state index in [1.165, 1.54) is 31.4 Å². The van der Waals surface area contributed by atoms with Crippen LogP contribution in [-0.4, -0.2) is 45.3 Å². The summed E-state index contributed by atoms with van der Waals surface area (Å²) < 4.78 is 1.96. The summed E-state index contributed by atoms with van der Waals surface area (Å²) in [5.41, 5.74) is 4.32. The average molecular weight is 376 g/mol. The van der Waals surface area contributed by atoms with E-state index in [2.05, 4.69) is 46.5 Å². The molecule has 28 heavy (non-hydrogen) atoms. The Morgan fingerprint density at radius 2 is 2.00 bits per heavy atom. The quantitative estimate of drug-likeness (QED) is 0.636. The Bertz CT molecular complexity index is 859. The molecule has 2 aromatic heterocycles. The normalized spacial score (nSPS) is 17.7. The van der Waals surface area contributed by atoms with Crippen molar-refractivity contribution in [1.82, 2.24) is 25.0 Å². The number of nitrogens with zero attached hydrogens (tertiary/aromatic N) is 4. The van der Waals surface area contributed by atoms with Gasteiger partial charge in [0.25, 0.3) is 0 Å². The van der Waals surface area contributed by atoms with Gasteiger partial charge in [-0.15, -0.1) is 0 Å². The molecular weight excluding hydrogens is 346 g/mol. The van der Waals surface area contributed by atoms with Gasteiger partial charge in [-0.25, -0.2) is 4.68 Å². The highest BCUT2D eigenvalue weighted by molar-refractivity contribution is 5.62. The lowest BCUT2D eigenvalue weighted by atomic mass is 10.0. The first-order valence-electron chi connectivity index (χ1n) is 10.3. The maximum absolute atomic E-state index is 4.86. The Morgan fingerprint density at radius 1 is 1.11 bits per heavy atom. The summed E-state index contributed by atoms with van der Waals surface area (Å²) in [7, 11) is 0. The van der Waals surface area contributed by atoms with Gasteiger partial charge in [0.2, 0.25) is 0 Å². The van der Waals surface area contributed by atoms with Gasteiger partial charge in [0, 0.05) is 55.4 Å². The molecule has 5 heteroatoms. The van der Waals surface area contributed by atoms with Crippen LogP contribution in [0.5, 0.6) is 0 Å². The number of benzene rings is 1. The van der Waals surface area contributed by atoms with Crippen molar-refractivity contribution in [2.75, 3.05) is 19.6 Å². The van der Waals surface area contributed by atoms with Gasteiger partial charge in [0.1, 0.15) is 0 Å². The number of aromatic nitrogens is 3. The first kappa shape index (κ1) is 18.8. The first-order valence-corrected chi connectivity index (χ1v) is 10.3. The molecule has 1 N–H and O–H groups in total. The minimum atomic E-state index is 0.710. The number of para-hydroxylation sites is 1. The number of hydrogen-bond donors (Lipinski definition) is 1. The third kappa shape index (κ3) is 4.49. The van der Waals surface area contributed by atoms with Crippen LogP contribution >= 0.6 is 0 Å². The molecule has 0 bridgehead atoms. The van der Waals surface area contributed by atoms with Crippen LogP contribution < -0.4 is 5.32 Å². The molecule has 1 unspecified atom stereocenters. The molecule has 0 saturated carbocycles. The number of likely N-dealkylation sites (tertiary alicyclic amines) is 1. The summed E-state index contributed by atoms with van der Waals surface area (Å²) >= 11 is 0. The minimum absolute atomic E-state index is 0.710. The molecule has 4 rings (SSSR count). The second kappa shape index (κ2) is 9.13. The Kier molecular flexibility index (Phi) is 6.14. The molecule has 0 radical (unpaired) electrons. The zero-order chi connectivity index (χ0) is 19.2. The van der Waals surface area contributed by atoms with Crippen LogP contribution in [0.25, 0.3) is 16.9 Å². The zero-order valence-electron chi connectivity index (χ0n) is 16.6. The van der Waals surface area contributed by atoms with Crippen molar-refractivity contribution in [3.8, 4) is 16.9 Å². The van der Waals surface area contributed by atoms with E-state index < -0.39 is 0 Å². The van der Waals surface area contributed by atoms with Crippen LogP contribution in [0.1, 0.15) is 31.7 Å². The van der Waals surface area contributed by atoms with Crippen molar-refractivity contribution in [2.24, 2.45) is 0 Å². The third-order valence-corrected chi connectivity index (χ3v) is 5.58. The second-order valence-electron chi connectivity index (χ2n) is 7.58. The topological polar surface area (TPSA) is 46.0 Å². The van der Waals surface area contributed by atoms with Crippen LogP contribution in [0.4, 0.5) is 0 Å². The number of rotatable bonds is 7. The van der Waals surface area contributed by atoms with Gasteiger partial charge >= 0.3 is 0 Å². The highest BCUT2D eigenvalue weighted by Crippen LogP contribution is 2.23. The molecule has 0 amide bonds. The van der Waals surface area contributed by atoms with Gasteiger partial charge in [0.15, 0.2) is 0 Å². The number of piperidine rings is 1. The smallest absolute Gasteiger partial charge is 0.0988 e. The van der Waals surface area contributed by atoms with Crippen molar-refractivity contribution in [2.45, 2.75) is 38.8 Å². The molecule has 3 heterocycles. The molecule has 1 atom stereocenters. The molecule has 1 aromatic carbocycles. The van der Waals surface area contributed by atoms with Crippen molar-refractivity contribution in [1.29, 1.82) is 0 Å². The molecular formula is C23H29N5. The molecule has 1 aliphatic heterocycles. The molecule has 1 fully saturated rings. The SMILES string of the molecule is CC1CCCCN1CCNCc1cn(-c2ccccc2)nc1-c1cccnc1. The van der Waals surface area contributed by atoms with E-state index in [-0.39, 0.29) is 0 Å². The highest BCUT2D eigenvalue weighted by Gasteiger charge is 2.17. The lowest BCUT2D eigenvalue weighted by Gasteiger charge is -2.33. The van der Waals surface area contributed by atoms with Crippen LogP contribution in [0.15, 0.2) is 61.1 Å². The van der Waals surface area contributed by atoms with E-state index >= 15 is 0 Å². The summed E-state index contributed by atoms with van der Waals surface area (Å²) in [6, 6.07) is 15.0. The van der Waals surface area contributed by atoms with Crippen LogP contribution in [0.2, 0.25) is 0 Å². The molecule has 1 saturated heterocycles. The molecule has 5 nitrogen and oxygen atoms in total. The summed E-state index contributed by atoms with van der Waals surface area (Å²) in [5, 5.41) is 8.49. The fraction of sp³-hybridized carbons (Fsp3) is 0.391. The summed E-state index contributed by atoms with van der Waals surface area (Å²) in [6.07, 6.45) is 9.85. The fourth-order valence-corrected chi connectivity index (χ4v) is 3.93. The molecule has 0 spiro atoms. The average Bonchev–Trinajstić information content (AvgIpc) is 3.18. The monoisotopic (exact) mass is 375 g/mol. The molecule has 3 aromatic rings. The maximum atomic E-state index is 4.86. The van der Waals surface area contributed by atoms with Gasteiger partial charge in [-0.1, -0.05) is 24.6 Å². The molecule has 146 valence electrons. The zero-order valence-corrected chi connectivity index (χ0v) is 16.6. The fourth-order valence-electron chi connectivity index (χ4n) is 3.93. The number of hydrogen-bond acceptors (Lipinski definition) is 4. The predicted molar refractivity (Wildman–Crippen MR) is 113 cm³/mol. The minimum Gasteiger partial charge on any atom is -0.311 e.